The molecular formula is C40H41N6O10-. The molecule has 0 saturated heterocycles. The summed E-state index contributed by atoms with van der Waals surface area (Å²) in [5.41, 5.74) is 10.1. The highest BCUT2D eigenvalue weighted by molar-refractivity contribution is 5.98. The second-order valence-electron chi connectivity index (χ2n) is 13.2. The summed E-state index contributed by atoms with van der Waals surface area (Å²) in [6, 6.07) is 24.1. The maximum Gasteiger partial charge on any atom is 0.514 e. The van der Waals surface area contributed by atoms with Crippen molar-refractivity contribution in [3.8, 4) is 16.9 Å². The second kappa shape index (κ2) is 18.9. The molecule has 292 valence electrons. The largest absolute Gasteiger partial charge is 0.599 e. The van der Waals surface area contributed by atoms with Gasteiger partial charge in [-0.15, -0.1) is 0 Å². The van der Waals surface area contributed by atoms with Gasteiger partial charge >= 0.3 is 12.2 Å². The molecule has 0 bridgehead atoms. The molecule has 2 atom stereocenters. The molecule has 0 radical (unpaired) electrons. The third-order valence-corrected chi connectivity index (χ3v) is 8.91. The topological polar surface area (TPSA) is 237 Å². The molecule has 56 heavy (non-hydrogen) atoms. The van der Waals surface area contributed by atoms with Gasteiger partial charge in [0, 0.05) is 36.9 Å². The fraction of sp³-hybridized carbons (Fsp3) is 0.275. The molecule has 4 aromatic rings. The van der Waals surface area contributed by atoms with Crippen molar-refractivity contribution in [2.75, 3.05) is 18.5 Å². The van der Waals surface area contributed by atoms with E-state index in [1.807, 2.05) is 48.5 Å². The molecule has 0 unspecified atom stereocenters. The lowest BCUT2D eigenvalue weighted by Gasteiger charge is -2.25. The van der Waals surface area contributed by atoms with Crippen molar-refractivity contribution in [1.29, 1.82) is 0 Å². The number of nitrogens with one attached hydrogen (secondary N) is 3. The van der Waals surface area contributed by atoms with Crippen LogP contribution in [0.2, 0.25) is 0 Å². The predicted molar refractivity (Wildman–Crippen MR) is 203 cm³/mol. The number of ether oxygens (including phenoxy) is 3. The molecular weight excluding hydrogens is 724 g/mol. The lowest BCUT2D eigenvalue weighted by molar-refractivity contribution is -0.384. The van der Waals surface area contributed by atoms with E-state index in [9.17, 15) is 34.4 Å². The molecule has 0 heterocycles. The number of carbonyl (C=O) groups excluding carboxylic acids is 4. The highest BCUT2D eigenvalue weighted by Crippen LogP contribution is 2.44. The van der Waals surface area contributed by atoms with E-state index < -0.39 is 53.0 Å². The second-order valence-corrected chi connectivity index (χ2v) is 13.2. The lowest BCUT2D eigenvalue weighted by atomic mass is 9.98. The number of nitrogens with two attached hydrogens (primary N) is 1. The van der Waals surface area contributed by atoms with Crippen LogP contribution >= 0.6 is 0 Å². The van der Waals surface area contributed by atoms with Crippen LogP contribution in [-0.4, -0.2) is 60.2 Å². The Morgan fingerprint density at radius 2 is 1.48 bits per heavy atom. The molecule has 1 aliphatic rings. The summed E-state index contributed by atoms with van der Waals surface area (Å²) in [6.07, 6.45) is -1.54. The van der Waals surface area contributed by atoms with Crippen LogP contribution in [0.4, 0.5) is 21.0 Å². The molecule has 4 aromatic carbocycles. The Balaban J connectivity index is 1.18. The SMILES string of the molecule is CC(C)[C@@H](N=C([O-])OCC1c2ccccc2-c2ccccc21)C(=O)N[C@@H](CCCNC(N)=O)C(=O)Nc1ccc(COC(=O)Oc2ccc([N+](=O)[O-])cc2)cc1. The maximum absolute atomic E-state index is 13.6. The Morgan fingerprint density at radius 1 is 0.857 bits per heavy atom. The summed E-state index contributed by atoms with van der Waals surface area (Å²) >= 11 is 0. The molecule has 1 aliphatic carbocycles. The fourth-order valence-corrected chi connectivity index (χ4v) is 6.12. The number of benzene rings is 4. The van der Waals surface area contributed by atoms with Gasteiger partial charge in [-0.3, -0.25) is 24.7 Å². The van der Waals surface area contributed by atoms with Gasteiger partial charge in [-0.05, 0) is 70.8 Å². The summed E-state index contributed by atoms with van der Waals surface area (Å²) < 4.78 is 15.8. The van der Waals surface area contributed by atoms with Crippen LogP contribution < -0.4 is 31.5 Å². The Morgan fingerprint density at radius 3 is 2.07 bits per heavy atom. The normalized spacial score (nSPS) is 13.1. The maximum atomic E-state index is 13.6. The number of hydrogen-bond donors (Lipinski definition) is 4. The minimum absolute atomic E-state index is 0.0257. The first-order valence-electron chi connectivity index (χ1n) is 17.8. The molecule has 5 N–H and O–H groups in total. The molecule has 5 rings (SSSR count). The van der Waals surface area contributed by atoms with Crippen molar-refractivity contribution in [2.24, 2.45) is 16.6 Å². The fourth-order valence-electron chi connectivity index (χ4n) is 6.12. The van der Waals surface area contributed by atoms with Crippen molar-refractivity contribution >= 4 is 41.5 Å². The van der Waals surface area contributed by atoms with Crippen LogP contribution in [0.1, 0.15) is 49.3 Å². The van der Waals surface area contributed by atoms with Crippen LogP contribution in [0.5, 0.6) is 5.75 Å². The van der Waals surface area contributed by atoms with Crippen LogP contribution in [-0.2, 0) is 25.7 Å². The molecule has 0 saturated carbocycles. The summed E-state index contributed by atoms with van der Waals surface area (Å²) in [4.78, 5) is 64.7. The predicted octanol–water partition coefficient (Wildman–Crippen LogP) is 4.75. The number of nitro benzene ring substituents is 1. The number of anilines is 1. The van der Waals surface area contributed by atoms with Gasteiger partial charge in [-0.2, -0.15) is 0 Å². The number of rotatable bonds is 16. The Bertz CT molecular complexity index is 2030. The van der Waals surface area contributed by atoms with Crippen LogP contribution in [0.15, 0.2) is 102 Å². The zero-order chi connectivity index (χ0) is 40.2. The van der Waals surface area contributed by atoms with Gasteiger partial charge in [0.1, 0.15) is 30.5 Å². The first-order valence-corrected chi connectivity index (χ1v) is 17.8. The number of fused-ring (bicyclic) bond motifs is 3. The number of primary amides is 1. The van der Waals surface area contributed by atoms with Crippen molar-refractivity contribution < 1.29 is 43.4 Å². The van der Waals surface area contributed by atoms with E-state index in [1.54, 1.807) is 38.1 Å². The van der Waals surface area contributed by atoms with Crippen LogP contribution in [0.3, 0.4) is 0 Å². The number of aliphatic imine (C=N–C) groups is 1. The first kappa shape index (κ1) is 40.2. The number of nitro groups is 1. The molecule has 4 amide bonds. The van der Waals surface area contributed by atoms with Crippen molar-refractivity contribution in [2.45, 2.75) is 51.3 Å². The van der Waals surface area contributed by atoms with Gasteiger partial charge in [0.05, 0.1) is 4.92 Å². The van der Waals surface area contributed by atoms with Crippen molar-refractivity contribution in [3.05, 3.63) is 124 Å². The lowest BCUT2D eigenvalue weighted by Crippen LogP contribution is -2.49. The Hall–Kier alpha value is -6.97. The van der Waals surface area contributed by atoms with E-state index in [0.717, 1.165) is 22.3 Å². The molecule has 0 fully saturated rings. The van der Waals surface area contributed by atoms with E-state index in [1.165, 1.54) is 24.3 Å². The highest BCUT2D eigenvalue weighted by atomic mass is 16.7. The smallest absolute Gasteiger partial charge is 0.514 e. The summed E-state index contributed by atoms with van der Waals surface area (Å²) in [6.45, 7) is 3.44. The third kappa shape index (κ3) is 10.8. The number of urea groups is 1. The highest BCUT2D eigenvalue weighted by Gasteiger charge is 2.29. The number of hydrogen-bond acceptors (Lipinski definition) is 11. The van der Waals surface area contributed by atoms with Crippen molar-refractivity contribution in [1.82, 2.24) is 10.6 Å². The number of carbonyl (C=O) groups is 4. The quantitative estimate of drug-likeness (QED) is 0.0232. The van der Waals surface area contributed by atoms with Crippen LogP contribution in [0.25, 0.3) is 11.1 Å². The van der Waals surface area contributed by atoms with E-state index in [4.69, 9.17) is 19.9 Å². The van der Waals surface area contributed by atoms with Gasteiger partial charge in [0.15, 0.2) is 0 Å². The van der Waals surface area contributed by atoms with Gasteiger partial charge in [-0.1, -0.05) is 74.5 Å². The van der Waals surface area contributed by atoms with E-state index in [2.05, 4.69) is 20.9 Å². The monoisotopic (exact) mass is 765 g/mol. The minimum Gasteiger partial charge on any atom is -0.599 e. The van der Waals surface area contributed by atoms with E-state index in [-0.39, 0.29) is 50.0 Å². The zero-order valence-electron chi connectivity index (χ0n) is 30.6. The number of non-ortho nitro benzene ring substituents is 1. The summed E-state index contributed by atoms with van der Waals surface area (Å²) in [5.74, 6) is -1.79. The van der Waals surface area contributed by atoms with Gasteiger partial charge in [0.2, 0.25) is 11.8 Å². The van der Waals surface area contributed by atoms with E-state index in [0.29, 0.717) is 11.3 Å². The summed E-state index contributed by atoms with van der Waals surface area (Å²) in [5, 5.41) is 31.8. The average molecular weight is 766 g/mol. The van der Waals surface area contributed by atoms with Gasteiger partial charge in [0.25, 0.3) is 5.69 Å². The number of nitrogens with zero attached hydrogens (tertiary/aromatic N) is 2. The van der Waals surface area contributed by atoms with Gasteiger partial charge < -0.3 is 41.0 Å². The number of amides is 4. The molecule has 16 heteroatoms. The van der Waals surface area contributed by atoms with E-state index >= 15 is 0 Å². The average Bonchev–Trinajstić information content (AvgIpc) is 3.50. The Labute approximate surface area is 322 Å². The summed E-state index contributed by atoms with van der Waals surface area (Å²) in [7, 11) is 0. The molecule has 0 aliphatic heterocycles. The first-order chi connectivity index (χ1) is 26.9. The molecule has 16 nitrogen and oxygen atoms in total. The minimum atomic E-state index is -1.17. The molecule has 0 spiro atoms. The van der Waals surface area contributed by atoms with Crippen molar-refractivity contribution in [3.63, 3.8) is 0 Å². The van der Waals surface area contributed by atoms with Gasteiger partial charge in [-0.25, -0.2) is 9.59 Å². The third-order valence-electron chi connectivity index (χ3n) is 8.91. The zero-order valence-corrected chi connectivity index (χ0v) is 30.6. The standard InChI is InChI=1S/C40H42N6O10/c1-24(2)35(45-39(50)54-23-33-31-10-5-3-8-29(31)30-9-4-6-11-32(30)33)37(48)44-34(12-7-21-42-38(41)49)36(47)43-26-15-13-25(14-16-26)22-55-40(51)56-28-19-17-27(18-20-28)46(52)53/h3-6,8-11,13-20,24,33-35H,7,12,21-23H2,1-2H3,(H,43,47)(H,44,48)(H,45,50)(H3,41,42,49)/p-1/t34-,35+/m0/s1. The molecule has 0 aromatic heterocycles. The Kier molecular flexibility index (Phi) is 13.6. The van der Waals surface area contributed by atoms with Crippen LogP contribution in [0, 0.1) is 16.0 Å².